The normalized spacial score (nSPS) is 17.2. The summed E-state index contributed by atoms with van der Waals surface area (Å²) in [6.07, 6.45) is 13.2. The summed E-state index contributed by atoms with van der Waals surface area (Å²) >= 11 is -1.15. The highest BCUT2D eigenvalue weighted by Crippen LogP contribution is 2.32. The van der Waals surface area contributed by atoms with Crippen molar-refractivity contribution in [3.63, 3.8) is 0 Å². The molecule has 1 aromatic carbocycles. The zero-order chi connectivity index (χ0) is 30.7. The van der Waals surface area contributed by atoms with Gasteiger partial charge in [-0.15, -0.1) is 4.31 Å². The lowest BCUT2D eigenvalue weighted by atomic mass is 9.89. The molecule has 0 aliphatic carbocycles. The number of nitrogens with zero attached hydrogens (tertiary/aromatic N) is 3. The van der Waals surface area contributed by atoms with Crippen molar-refractivity contribution in [3.05, 3.63) is 28.8 Å². The predicted octanol–water partition coefficient (Wildman–Crippen LogP) is 4.16. The lowest BCUT2D eigenvalue weighted by Crippen LogP contribution is -2.50. The number of hydrogen-bond acceptors (Lipinski definition) is 6. The lowest BCUT2D eigenvalue weighted by molar-refractivity contribution is -0.125. The van der Waals surface area contributed by atoms with Crippen LogP contribution in [0.25, 0.3) is 0 Å². The number of aryl methyl sites for hydroxylation is 2. The molecule has 2 aliphatic rings. The molecule has 234 valence electrons. The molecule has 1 unspecified atom stereocenters. The van der Waals surface area contributed by atoms with E-state index in [1.807, 2.05) is 30.3 Å². The van der Waals surface area contributed by atoms with E-state index in [-0.39, 0.29) is 11.8 Å². The van der Waals surface area contributed by atoms with Crippen LogP contribution in [-0.4, -0.2) is 64.0 Å². The molecule has 0 saturated carbocycles. The van der Waals surface area contributed by atoms with E-state index in [1.54, 1.807) is 7.05 Å². The van der Waals surface area contributed by atoms with E-state index in [4.69, 9.17) is 16.5 Å². The number of primary amides is 2. The summed E-state index contributed by atoms with van der Waals surface area (Å²) in [7, 11) is 1.65. The van der Waals surface area contributed by atoms with E-state index in [9.17, 15) is 18.9 Å². The fraction of sp³-hybridized carbons (Fsp3) is 0.677. The molecule has 1 atom stereocenters. The first-order valence-electron chi connectivity index (χ1n) is 15.5. The topological polar surface area (TPSA) is 157 Å². The first-order valence-corrected chi connectivity index (χ1v) is 16.8. The van der Waals surface area contributed by atoms with E-state index in [1.165, 1.54) is 30.6 Å². The largest absolute Gasteiger partial charge is 0.598 e. The second-order valence-electron chi connectivity index (χ2n) is 11.9. The molecule has 0 radical (unpaired) electrons. The monoisotopic (exact) mass is 602 g/mol. The number of hydrogen-bond donors (Lipinski definition) is 3. The number of amidine groups is 1. The quantitative estimate of drug-likeness (QED) is 0.180. The molecule has 5 N–H and O–H groups in total. The van der Waals surface area contributed by atoms with Gasteiger partial charge < -0.3 is 21.3 Å². The number of unbranched alkanes of at least 4 members (excludes halogenated alkanes) is 8. The van der Waals surface area contributed by atoms with Gasteiger partial charge in [0.1, 0.15) is 17.1 Å². The van der Waals surface area contributed by atoms with Crippen LogP contribution in [0.5, 0.6) is 0 Å². The molecule has 3 rings (SSSR count). The Morgan fingerprint density at radius 3 is 2.07 bits per heavy atom. The number of carbonyl (C=O) groups excluding carboxylic acids is 3. The Balaban J connectivity index is 1.36. The first kappa shape index (κ1) is 33.9. The Morgan fingerprint density at radius 2 is 1.52 bits per heavy atom. The summed E-state index contributed by atoms with van der Waals surface area (Å²) < 4.78 is 15.1. The molecule has 10 nitrogen and oxygen atoms in total. The van der Waals surface area contributed by atoms with Crippen LogP contribution in [0.1, 0.15) is 100 Å². The Morgan fingerprint density at radius 1 is 0.976 bits per heavy atom. The number of nitrogens with two attached hydrogens (primary N) is 2. The van der Waals surface area contributed by atoms with Crippen LogP contribution in [-0.2, 0) is 27.4 Å². The molecule has 42 heavy (non-hydrogen) atoms. The molecule has 1 aromatic rings. The highest BCUT2D eigenvalue weighted by Gasteiger charge is 2.47. The lowest BCUT2D eigenvalue weighted by Gasteiger charge is -2.35. The third kappa shape index (κ3) is 9.70. The van der Waals surface area contributed by atoms with Crippen LogP contribution in [0.15, 0.2) is 17.1 Å². The molecule has 0 aromatic heterocycles. The van der Waals surface area contributed by atoms with Crippen molar-refractivity contribution in [2.75, 3.05) is 30.8 Å². The van der Waals surface area contributed by atoms with E-state index in [0.29, 0.717) is 44.5 Å². The summed E-state index contributed by atoms with van der Waals surface area (Å²) in [6.45, 7) is 5.17. The molecule has 2 heterocycles. The summed E-state index contributed by atoms with van der Waals surface area (Å²) in [5.41, 5.74) is 13.8. The van der Waals surface area contributed by atoms with Gasteiger partial charge in [0.25, 0.3) is 5.91 Å². The number of carbonyl (C=O) groups is 3. The zero-order valence-corrected chi connectivity index (χ0v) is 26.5. The molecule has 2 aliphatic heterocycles. The van der Waals surface area contributed by atoms with Gasteiger partial charge in [-0.2, -0.15) is 0 Å². The van der Waals surface area contributed by atoms with Gasteiger partial charge >= 0.3 is 6.03 Å². The van der Waals surface area contributed by atoms with Gasteiger partial charge in [-0.3, -0.25) is 19.5 Å². The van der Waals surface area contributed by atoms with E-state index >= 15 is 0 Å². The maximum atomic E-state index is 13.2. The van der Waals surface area contributed by atoms with E-state index < -0.39 is 22.9 Å². The Bertz CT molecular complexity index is 1100. The number of rotatable bonds is 17. The summed E-state index contributed by atoms with van der Waals surface area (Å²) in [5, 5.41) is 3.03. The third-order valence-corrected chi connectivity index (χ3v) is 10.1. The van der Waals surface area contributed by atoms with Gasteiger partial charge in [0.2, 0.25) is 5.91 Å². The van der Waals surface area contributed by atoms with Crippen LogP contribution < -0.4 is 21.7 Å². The van der Waals surface area contributed by atoms with E-state index in [0.717, 1.165) is 66.7 Å². The smallest absolute Gasteiger partial charge is 0.318 e. The maximum absolute atomic E-state index is 13.2. The highest BCUT2D eigenvalue weighted by atomic mass is 32.2. The Labute approximate surface area is 254 Å². The highest BCUT2D eigenvalue weighted by molar-refractivity contribution is 7.89. The molecule has 4 amide bonds. The number of benzene rings is 1. The SMILES string of the molecule is Cc1cc(N(C)C(N)=O)cc(C)c1CC[S+]([O-])N1CCC2(CC1)N=C(CCCCCCCCCCCC(N)=O)NC2=O. The fourth-order valence-corrected chi connectivity index (χ4v) is 7.16. The number of piperidine rings is 1. The first-order chi connectivity index (χ1) is 20.0. The zero-order valence-electron chi connectivity index (χ0n) is 25.7. The van der Waals surface area contributed by atoms with Crippen molar-refractivity contribution < 1.29 is 18.9 Å². The van der Waals surface area contributed by atoms with Crippen molar-refractivity contribution in [3.8, 4) is 0 Å². The maximum Gasteiger partial charge on any atom is 0.318 e. The minimum absolute atomic E-state index is 0.00784. The molecule has 1 fully saturated rings. The molecular weight excluding hydrogens is 552 g/mol. The Kier molecular flexibility index (Phi) is 13.1. The third-order valence-electron chi connectivity index (χ3n) is 8.63. The average Bonchev–Trinajstić information content (AvgIpc) is 3.24. The van der Waals surface area contributed by atoms with Crippen LogP contribution >= 0.6 is 0 Å². The number of anilines is 1. The predicted molar refractivity (Wildman–Crippen MR) is 170 cm³/mol. The van der Waals surface area contributed by atoms with Crippen molar-refractivity contribution in [1.29, 1.82) is 0 Å². The fourth-order valence-electron chi connectivity index (χ4n) is 5.93. The second kappa shape index (κ2) is 16.3. The average molecular weight is 603 g/mol. The van der Waals surface area contributed by atoms with Crippen LogP contribution in [0, 0.1) is 13.8 Å². The van der Waals surface area contributed by atoms with Crippen LogP contribution in [0.3, 0.4) is 0 Å². The summed E-state index contributed by atoms with van der Waals surface area (Å²) in [5.74, 6) is 1.10. The minimum Gasteiger partial charge on any atom is -0.598 e. The van der Waals surface area contributed by atoms with Gasteiger partial charge in [0, 0.05) is 56.4 Å². The van der Waals surface area contributed by atoms with Gasteiger partial charge in [-0.25, -0.2) is 4.79 Å². The number of aliphatic imine (C=N–C) groups is 1. The van der Waals surface area contributed by atoms with Crippen molar-refractivity contribution >= 4 is 40.7 Å². The summed E-state index contributed by atoms with van der Waals surface area (Å²) in [6, 6.07) is 3.37. The van der Waals surface area contributed by atoms with Gasteiger partial charge in [0.05, 0.1) is 0 Å². The Hall–Kier alpha value is -2.63. The van der Waals surface area contributed by atoms with Crippen molar-refractivity contribution in [2.45, 2.75) is 109 Å². The van der Waals surface area contributed by atoms with Gasteiger partial charge in [-0.05, 0) is 68.4 Å². The van der Waals surface area contributed by atoms with Crippen molar-refractivity contribution in [2.24, 2.45) is 16.5 Å². The molecular formula is C31H50N6O4S. The molecule has 0 bridgehead atoms. The van der Waals surface area contributed by atoms with E-state index in [2.05, 4.69) is 5.32 Å². The minimum atomic E-state index is -1.15. The molecule has 1 spiro atoms. The van der Waals surface area contributed by atoms with Crippen molar-refractivity contribution in [1.82, 2.24) is 9.62 Å². The number of urea groups is 1. The standard InChI is InChI=1S/C31H50N6O4S/c1-23-21-25(36(3)30(33)40)22-24(2)26(23)15-20-42(41)37-18-16-31(17-19-37)29(39)34-28(35-31)14-12-10-8-6-4-5-7-9-11-13-27(32)38/h21-22H,4-20H2,1-3H3,(H2,32,38)(H2,33,40)(H,34,35,39). The summed E-state index contributed by atoms with van der Waals surface area (Å²) in [4.78, 5) is 41.4. The number of amides is 4. The molecule has 1 saturated heterocycles. The van der Waals surface area contributed by atoms with Crippen LogP contribution in [0.2, 0.25) is 0 Å². The second-order valence-corrected chi connectivity index (χ2v) is 13.4. The van der Waals surface area contributed by atoms with Gasteiger partial charge in [-0.1, -0.05) is 44.9 Å². The van der Waals surface area contributed by atoms with Crippen LogP contribution in [0.4, 0.5) is 10.5 Å². The molecule has 11 heteroatoms. The van der Waals surface area contributed by atoms with Gasteiger partial charge in [0.15, 0.2) is 0 Å². The number of nitrogens with one attached hydrogen (secondary N) is 1.